The fourth-order valence-electron chi connectivity index (χ4n) is 3.76. The minimum Gasteiger partial charge on any atom is -0.493 e. The number of hydrogen-bond acceptors (Lipinski definition) is 5. The van der Waals surface area contributed by atoms with Crippen LogP contribution in [-0.2, 0) is 22.4 Å². The Bertz CT molecular complexity index is 739. The largest absolute Gasteiger partial charge is 0.493 e. The molecule has 0 aromatic heterocycles. The lowest BCUT2D eigenvalue weighted by atomic mass is 9.92. The van der Waals surface area contributed by atoms with Gasteiger partial charge in [0, 0.05) is 18.7 Å². The lowest BCUT2D eigenvalue weighted by Gasteiger charge is -2.29. The summed E-state index contributed by atoms with van der Waals surface area (Å²) in [6.07, 6.45) is 7.71. The van der Waals surface area contributed by atoms with Crippen molar-refractivity contribution in [1.82, 2.24) is 5.32 Å². The van der Waals surface area contributed by atoms with Crippen molar-refractivity contribution in [3.63, 3.8) is 0 Å². The van der Waals surface area contributed by atoms with Gasteiger partial charge in [-0.3, -0.25) is 10.2 Å². The Morgan fingerprint density at radius 2 is 2.07 bits per heavy atom. The Morgan fingerprint density at radius 1 is 1.29 bits per heavy atom. The van der Waals surface area contributed by atoms with E-state index >= 15 is 0 Å². The predicted octanol–water partition coefficient (Wildman–Crippen LogP) is 1.63. The highest BCUT2D eigenvalue weighted by molar-refractivity contribution is 6.18. The van der Waals surface area contributed by atoms with Crippen molar-refractivity contribution >= 4 is 11.7 Å². The van der Waals surface area contributed by atoms with Gasteiger partial charge < -0.3 is 26.3 Å². The van der Waals surface area contributed by atoms with Gasteiger partial charge in [0.05, 0.1) is 24.9 Å². The van der Waals surface area contributed by atoms with E-state index in [2.05, 4.69) is 23.5 Å². The van der Waals surface area contributed by atoms with E-state index in [-0.39, 0.29) is 17.5 Å². The van der Waals surface area contributed by atoms with E-state index in [0.29, 0.717) is 25.7 Å². The molecule has 1 aliphatic carbocycles. The normalized spacial score (nSPS) is 22.2. The maximum atomic E-state index is 11.9. The van der Waals surface area contributed by atoms with Crippen LogP contribution in [0.5, 0.6) is 5.75 Å². The highest BCUT2D eigenvalue weighted by atomic mass is 16.5. The summed E-state index contributed by atoms with van der Waals surface area (Å²) in [4.78, 5) is 11.9. The SMILES string of the molecule is N=C(N)/C(=C\N)C(=O)NCC1CCC(COc2ccc3c(c2)CCCC3)CO1. The number of carbonyl (C=O) groups excluding carboxylic acids is 1. The van der Waals surface area contributed by atoms with E-state index in [9.17, 15) is 4.79 Å². The first-order valence-electron chi connectivity index (χ1n) is 9.97. The van der Waals surface area contributed by atoms with Crippen molar-refractivity contribution in [1.29, 1.82) is 5.41 Å². The van der Waals surface area contributed by atoms with Crippen molar-refractivity contribution in [2.45, 2.75) is 44.6 Å². The smallest absolute Gasteiger partial charge is 0.256 e. The molecule has 3 rings (SSSR count). The van der Waals surface area contributed by atoms with E-state index in [4.69, 9.17) is 26.4 Å². The van der Waals surface area contributed by atoms with Gasteiger partial charge in [0.2, 0.25) is 0 Å². The maximum absolute atomic E-state index is 11.9. The van der Waals surface area contributed by atoms with Crippen LogP contribution in [0.25, 0.3) is 0 Å². The first-order chi connectivity index (χ1) is 13.6. The Labute approximate surface area is 166 Å². The van der Waals surface area contributed by atoms with Gasteiger partial charge in [-0.05, 0) is 61.8 Å². The lowest BCUT2D eigenvalue weighted by molar-refractivity contribution is -0.118. The highest BCUT2D eigenvalue weighted by Crippen LogP contribution is 2.26. The average Bonchev–Trinajstić information content (AvgIpc) is 2.71. The molecule has 0 radical (unpaired) electrons. The minimum atomic E-state index is -0.448. The molecule has 1 heterocycles. The van der Waals surface area contributed by atoms with Crippen molar-refractivity contribution in [2.24, 2.45) is 17.4 Å². The second-order valence-corrected chi connectivity index (χ2v) is 7.55. The van der Waals surface area contributed by atoms with Crippen molar-refractivity contribution in [3.05, 3.63) is 41.1 Å². The number of benzene rings is 1. The number of fused-ring (bicyclic) bond motifs is 1. The standard InChI is InChI=1S/C21H30N4O3/c22-10-19(20(23)24)21(26)25-11-18-7-5-14(13-28-18)12-27-17-8-6-15-3-1-2-4-16(15)9-17/h6,8-10,14,18H,1-5,7,11-13,22H2,(H3,23,24)(H,25,26)/b19-10+. The van der Waals surface area contributed by atoms with Crippen LogP contribution in [-0.4, -0.2) is 37.6 Å². The molecule has 2 aliphatic rings. The maximum Gasteiger partial charge on any atom is 0.256 e. The molecule has 2 unspecified atom stereocenters. The molecule has 0 saturated carbocycles. The molecule has 1 amide bonds. The summed E-state index contributed by atoms with van der Waals surface area (Å²) in [5.41, 5.74) is 13.5. The van der Waals surface area contributed by atoms with E-state index in [1.807, 2.05) is 0 Å². The van der Waals surface area contributed by atoms with Gasteiger partial charge in [0.15, 0.2) is 0 Å². The van der Waals surface area contributed by atoms with Crippen LogP contribution in [0.4, 0.5) is 0 Å². The second kappa shape index (κ2) is 9.59. The van der Waals surface area contributed by atoms with Crippen LogP contribution in [0.3, 0.4) is 0 Å². The molecule has 7 nitrogen and oxygen atoms in total. The average molecular weight is 386 g/mol. The van der Waals surface area contributed by atoms with Gasteiger partial charge in [-0.1, -0.05) is 6.07 Å². The number of carbonyl (C=O) groups is 1. The fraction of sp³-hybridized carbons (Fsp3) is 0.524. The van der Waals surface area contributed by atoms with Crippen molar-refractivity contribution in [3.8, 4) is 5.75 Å². The molecule has 1 saturated heterocycles. The number of amides is 1. The third kappa shape index (κ3) is 5.25. The number of hydrogen-bond donors (Lipinski definition) is 4. The van der Waals surface area contributed by atoms with Gasteiger partial charge in [0.25, 0.3) is 5.91 Å². The molecule has 1 aromatic rings. The van der Waals surface area contributed by atoms with Crippen LogP contribution >= 0.6 is 0 Å². The lowest BCUT2D eigenvalue weighted by Crippen LogP contribution is -2.40. The predicted molar refractivity (Wildman–Crippen MR) is 108 cm³/mol. The zero-order chi connectivity index (χ0) is 19.9. The number of ether oxygens (including phenoxy) is 2. The summed E-state index contributed by atoms with van der Waals surface area (Å²) in [5.74, 6) is 0.500. The number of aryl methyl sites for hydroxylation is 2. The zero-order valence-corrected chi connectivity index (χ0v) is 16.2. The van der Waals surface area contributed by atoms with E-state index in [1.165, 1.54) is 30.4 Å². The molecular formula is C21H30N4O3. The second-order valence-electron chi connectivity index (χ2n) is 7.55. The quantitative estimate of drug-likeness (QED) is 0.322. The monoisotopic (exact) mass is 386 g/mol. The van der Waals surface area contributed by atoms with E-state index in [1.54, 1.807) is 0 Å². The topological polar surface area (TPSA) is 123 Å². The molecule has 0 spiro atoms. The zero-order valence-electron chi connectivity index (χ0n) is 16.2. The highest BCUT2D eigenvalue weighted by Gasteiger charge is 2.23. The third-order valence-electron chi connectivity index (χ3n) is 5.46. The van der Waals surface area contributed by atoms with Crippen LogP contribution in [0.1, 0.15) is 36.8 Å². The molecule has 6 N–H and O–H groups in total. The summed E-state index contributed by atoms with van der Waals surface area (Å²) < 4.78 is 11.9. The van der Waals surface area contributed by atoms with E-state index < -0.39 is 5.91 Å². The Kier molecular flexibility index (Phi) is 6.92. The summed E-state index contributed by atoms with van der Waals surface area (Å²) in [5, 5.41) is 10.0. The Hall–Kier alpha value is -2.54. The van der Waals surface area contributed by atoms with Crippen LogP contribution in [0.2, 0.25) is 0 Å². The molecule has 1 aromatic carbocycles. The van der Waals surface area contributed by atoms with Gasteiger partial charge in [-0.25, -0.2) is 0 Å². The number of rotatable bonds is 7. The minimum absolute atomic E-state index is 0.0212. The Morgan fingerprint density at radius 3 is 2.75 bits per heavy atom. The third-order valence-corrected chi connectivity index (χ3v) is 5.46. The summed E-state index contributed by atoms with van der Waals surface area (Å²) in [7, 11) is 0. The van der Waals surface area contributed by atoms with Crippen LogP contribution in [0, 0.1) is 11.3 Å². The summed E-state index contributed by atoms with van der Waals surface area (Å²) in [6.45, 7) is 1.63. The van der Waals surface area contributed by atoms with Gasteiger partial charge >= 0.3 is 0 Å². The van der Waals surface area contributed by atoms with Gasteiger partial charge in [0.1, 0.15) is 11.6 Å². The van der Waals surface area contributed by atoms with E-state index in [0.717, 1.165) is 31.2 Å². The molecule has 1 aliphatic heterocycles. The molecule has 28 heavy (non-hydrogen) atoms. The van der Waals surface area contributed by atoms with Gasteiger partial charge in [-0.15, -0.1) is 0 Å². The summed E-state index contributed by atoms with van der Waals surface area (Å²) in [6, 6.07) is 6.46. The molecular weight excluding hydrogens is 356 g/mol. The van der Waals surface area contributed by atoms with Crippen LogP contribution in [0.15, 0.2) is 30.0 Å². The Balaban J connectivity index is 1.38. The van der Waals surface area contributed by atoms with Crippen molar-refractivity contribution in [2.75, 3.05) is 19.8 Å². The molecule has 0 bridgehead atoms. The number of nitrogens with one attached hydrogen (secondary N) is 2. The van der Waals surface area contributed by atoms with Crippen LogP contribution < -0.4 is 21.5 Å². The first-order valence-corrected chi connectivity index (χ1v) is 9.97. The number of nitrogens with two attached hydrogens (primary N) is 2. The van der Waals surface area contributed by atoms with Gasteiger partial charge in [-0.2, -0.15) is 0 Å². The summed E-state index contributed by atoms with van der Waals surface area (Å²) >= 11 is 0. The number of amidine groups is 1. The first kappa shape index (κ1) is 20.2. The fourth-order valence-corrected chi connectivity index (χ4v) is 3.76. The molecule has 152 valence electrons. The van der Waals surface area contributed by atoms with Crippen molar-refractivity contribution < 1.29 is 14.3 Å². The molecule has 7 heteroatoms. The molecule has 2 atom stereocenters. The molecule has 1 fully saturated rings.